The lowest BCUT2D eigenvalue weighted by Gasteiger charge is -2.19. The van der Waals surface area contributed by atoms with Crippen LogP contribution in [0, 0.1) is 0 Å². The molecule has 0 saturated heterocycles. The van der Waals surface area contributed by atoms with Crippen molar-refractivity contribution in [3.63, 3.8) is 0 Å². The van der Waals surface area contributed by atoms with Crippen LogP contribution < -0.4 is 5.73 Å². The number of nitrogen functional groups attached to an aromatic ring is 1. The van der Waals surface area contributed by atoms with Gasteiger partial charge in [-0.25, -0.2) is 8.42 Å². The van der Waals surface area contributed by atoms with Crippen LogP contribution in [0.4, 0.5) is 5.69 Å². The first-order valence-corrected chi connectivity index (χ1v) is 8.12. The Balaban J connectivity index is 2.38. The number of hydrogen-bond acceptors (Lipinski definition) is 4. The van der Waals surface area contributed by atoms with Gasteiger partial charge < -0.3 is 5.73 Å². The number of pyridine rings is 1. The molecule has 0 aliphatic carbocycles. The van der Waals surface area contributed by atoms with E-state index in [0.717, 1.165) is 4.31 Å². The molecule has 0 radical (unpaired) electrons. The van der Waals surface area contributed by atoms with Crippen molar-refractivity contribution in [3.05, 3.63) is 52.3 Å². The minimum absolute atomic E-state index is 0.00660. The quantitative estimate of drug-likeness (QED) is 0.864. The van der Waals surface area contributed by atoms with Gasteiger partial charge in [-0.05, 0) is 24.3 Å². The van der Waals surface area contributed by atoms with Crippen molar-refractivity contribution in [1.82, 2.24) is 9.29 Å². The maximum absolute atomic E-state index is 12.6. The lowest BCUT2D eigenvalue weighted by molar-refractivity contribution is 0.462. The van der Waals surface area contributed by atoms with E-state index in [-0.39, 0.29) is 27.2 Å². The van der Waals surface area contributed by atoms with Crippen molar-refractivity contribution in [2.24, 2.45) is 0 Å². The summed E-state index contributed by atoms with van der Waals surface area (Å²) in [7, 11) is -2.40. The highest BCUT2D eigenvalue weighted by Gasteiger charge is 2.27. The van der Waals surface area contributed by atoms with E-state index in [1.165, 1.54) is 19.2 Å². The smallest absolute Gasteiger partial charge is 0.246 e. The third-order valence-electron chi connectivity index (χ3n) is 2.82. The summed E-state index contributed by atoms with van der Waals surface area (Å²) in [5.74, 6) is 0. The number of rotatable bonds is 4. The summed E-state index contributed by atoms with van der Waals surface area (Å²) in [5, 5.41) is 0.275. The topological polar surface area (TPSA) is 76.3 Å². The van der Waals surface area contributed by atoms with Crippen LogP contribution in [-0.4, -0.2) is 24.8 Å². The van der Waals surface area contributed by atoms with Gasteiger partial charge >= 0.3 is 0 Å². The fourth-order valence-corrected chi connectivity index (χ4v) is 3.89. The predicted octanol–water partition coefficient (Wildman–Crippen LogP) is 2.79. The van der Waals surface area contributed by atoms with Crippen LogP contribution in [0.15, 0.2) is 41.4 Å². The van der Waals surface area contributed by atoms with Gasteiger partial charge in [-0.3, -0.25) is 4.98 Å². The number of aromatic nitrogens is 1. The molecule has 0 amide bonds. The Morgan fingerprint density at radius 3 is 2.57 bits per heavy atom. The van der Waals surface area contributed by atoms with Crippen LogP contribution in [-0.2, 0) is 16.6 Å². The number of nitrogens with two attached hydrogens (primary N) is 1. The highest BCUT2D eigenvalue weighted by atomic mass is 35.5. The average molecular weight is 346 g/mol. The summed E-state index contributed by atoms with van der Waals surface area (Å²) in [4.78, 5) is 3.95. The Kier molecular flexibility index (Phi) is 4.73. The van der Waals surface area contributed by atoms with Gasteiger partial charge in [-0.2, -0.15) is 4.31 Å². The van der Waals surface area contributed by atoms with Gasteiger partial charge in [-0.15, -0.1) is 0 Å². The maximum Gasteiger partial charge on any atom is 0.246 e. The normalized spacial score (nSPS) is 11.8. The van der Waals surface area contributed by atoms with E-state index in [2.05, 4.69) is 4.98 Å². The molecule has 0 spiro atoms. The Morgan fingerprint density at radius 2 is 2.00 bits per heavy atom. The first-order valence-electron chi connectivity index (χ1n) is 5.93. The number of hydrogen-bond donors (Lipinski definition) is 1. The van der Waals surface area contributed by atoms with Crippen LogP contribution in [0.5, 0.6) is 0 Å². The van der Waals surface area contributed by atoms with Crippen molar-refractivity contribution < 1.29 is 8.42 Å². The molecule has 8 heteroatoms. The van der Waals surface area contributed by atoms with Gasteiger partial charge in [0.15, 0.2) is 0 Å². The molecule has 1 heterocycles. The van der Waals surface area contributed by atoms with E-state index < -0.39 is 10.0 Å². The summed E-state index contributed by atoms with van der Waals surface area (Å²) < 4.78 is 26.3. The van der Waals surface area contributed by atoms with E-state index in [0.29, 0.717) is 5.69 Å². The number of sulfonamides is 1. The van der Waals surface area contributed by atoms with E-state index in [9.17, 15) is 8.42 Å². The minimum Gasteiger partial charge on any atom is -0.398 e. The fraction of sp³-hybridized carbons (Fsp3) is 0.154. The zero-order chi connectivity index (χ0) is 15.6. The van der Waals surface area contributed by atoms with Gasteiger partial charge in [0.25, 0.3) is 0 Å². The van der Waals surface area contributed by atoms with Gasteiger partial charge in [0.2, 0.25) is 10.0 Å². The Bertz CT molecular complexity index is 728. The molecule has 112 valence electrons. The standard InChI is InChI=1S/C13H13Cl2N3O2S/c1-18(8-10-4-2-3-5-17-10)21(19,20)13-11(15)6-9(14)7-12(13)16/h2-7H,8,16H2,1H3. The number of anilines is 1. The molecule has 0 fully saturated rings. The molecule has 0 atom stereocenters. The van der Waals surface area contributed by atoms with E-state index in [1.54, 1.807) is 24.4 Å². The second kappa shape index (κ2) is 6.19. The molecule has 0 aliphatic heterocycles. The minimum atomic E-state index is -3.84. The van der Waals surface area contributed by atoms with Crippen molar-refractivity contribution in [3.8, 4) is 0 Å². The van der Waals surface area contributed by atoms with Crippen LogP contribution in [0.2, 0.25) is 10.0 Å². The van der Waals surface area contributed by atoms with E-state index in [4.69, 9.17) is 28.9 Å². The lowest BCUT2D eigenvalue weighted by Crippen LogP contribution is -2.27. The molecular weight excluding hydrogens is 333 g/mol. The molecule has 0 bridgehead atoms. The summed E-state index contributed by atoms with van der Waals surface area (Å²) in [6.45, 7) is 0.113. The van der Waals surface area contributed by atoms with Crippen LogP contribution in [0.1, 0.15) is 5.69 Å². The van der Waals surface area contributed by atoms with Crippen molar-refractivity contribution in [1.29, 1.82) is 0 Å². The third-order valence-corrected chi connectivity index (χ3v) is 5.37. The zero-order valence-corrected chi connectivity index (χ0v) is 13.5. The van der Waals surface area contributed by atoms with E-state index >= 15 is 0 Å². The van der Waals surface area contributed by atoms with Crippen molar-refractivity contribution in [2.45, 2.75) is 11.4 Å². The van der Waals surface area contributed by atoms with Crippen LogP contribution in [0.3, 0.4) is 0 Å². The molecule has 2 rings (SSSR count). The first-order chi connectivity index (χ1) is 9.82. The molecule has 21 heavy (non-hydrogen) atoms. The Hall–Kier alpha value is -1.34. The molecule has 1 aromatic heterocycles. The van der Waals surface area contributed by atoms with Gasteiger partial charge in [0, 0.05) is 18.3 Å². The summed E-state index contributed by atoms with van der Waals surface area (Å²) in [6, 6.07) is 7.98. The maximum atomic E-state index is 12.6. The lowest BCUT2D eigenvalue weighted by atomic mass is 10.3. The summed E-state index contributed by atoms with van der Waals surface area (Å²) in [6.07, 6.45) is 1.60. The second-order valence-electron chi connectivity index (χ2n) is 4.39. The highest BCUT2D eigenvalue weighted by molar-refractivity contribution is 7.89. The fourth-order valence-electron chi connectivity index (χ4n) is 1.81. The zero-order valence-electron chi connectivity index (χ0n) is 11.1. The summed E-state index contributed by atoms with van der Waals surface area (Å²) in [5.41, 5.74) is 6.38. The van der Waals surface area contributed by atoms with Gasteiger partial charge in [-0.1, -0.05) is 29.3 Å². The van der Waals surface area contributed by atoms with Gasteiger partial charge in [0.05, 0.1) is 22.9 Å². The first kappa shape index (κ1) is 16.0. The SMILES string of the molecule is CN(Cc1ccccn1)S(=O)(=O)c1c(N)cc(Cl)cc1Cl. The second-order valence-corrected chi connectivity index (χ2v) is 7.21. The molecule has 0 aliphatic rings. The molecule has 0 unspecified atom stereocenters. The van der Waals surface area contributed by atoms with Crippen molar-refractivity contribution in [2.75, 3.05) is 12.8 Å². The van der Waals surface area contributed by atoms with Crippen LogP contribution in [0.25, 0.3) is 0 Å². The van der Waals surface area contributed by atoms with Crippen LogP contribution >= 0.6 is 23.2 Å². The highest BCUT2D eigenvalue weighted by Crippen LogP contribution is 2.33. The largest absolute Gasteiger partial charge is 0.398 e. The van der Waals surface area contributed by atoms with E-state index in [1.807, 2.05) is 0 Å². The molecule has 1 aromatic carbocycles. The molecule has 2 N–H and O–H groups in total. The summed E-state index contributed by atoms with van der Waals surface area (Å²) >= 11 is 11.8. The number of halogens is 2. The number of benzene rings is 1. The Morgan fingerprint density at radius 1 is 1.29 bits per heavy atom. The monoisotopic (exact) mass is 345 g/mol. The van der Waals surface area contributed by atoms with Crippen molar-refractivity contribution >= 4 is 38.9 Å². The molecule has 5 nitrogen and oxygen atoms in total. The average Bonchev–Trinajstić information content (AvgIpc) is 2.38. The molecule has 2 aromatic rings. The molecular formula is C13H13Cl2N3O2S. The third kappa shape index (κ3) is 3.47. The Labute approximate surface area is 133 Å². The molecule has 0 saturated carbocycles. The van der Waals surface area contributed by atoms with Gasteiger partial charge in [0.1, 0.15) is 4.90 Å². The predicted molar refractivity (Wildman–Crippen MR) is 83.8 cm³/mol. The number of nitrogens with zero attached hydrogens (tertiary/aromatic N) is 2.